The topological polar surface area (TPSA) is 44.8 Å². The molecule has 120 valence electrons. The van der Waals surface area contributed by atoms with Gasteiger partial charge in [0.05, 0.1) is 20.3 Å². The molecular formula is C16H32O4. The maximum Gasteiger partial charge on any atom is 0.305 e. The zero-order valence-electron chi connectivity index (χ0n) is 13.3. The van der Waals surface area contributed by atoms with Crippen LogP contribution in [0.4, 0.5) is 0 Å². The molecule has 0 spiro atoms. The number of hydrogen-bond acceptors (Lipinski definition) is 4. The van der Waals surface area contributed by atoms with Crippen LogP contribution >= 0.6 is 0 Å². The van der Waals surface area contributed by atoms with Crippen LogP contribution in [0.3, 0.4) is 0 Å². The molecule has 0 rings (SSSR count). The summed E-state index contributed by atoms with van der Waals surface area (Å²) >= 11 is 0. The summed E-state index contributed by atoms with van der Waals surface area (Å²) in [5, 5.41) is 0. The molecule has 0 radical (unpaired) electrons. The average Bonchev–Trinajstić information content (AvgIpc) is 2.47. The fraction of sp³-hybridized carbons (Fsp3) is 0.938. The van der Waals surface area contributed by atoms with Crippen molar-refractivity contribution in [3.8, 4) is 0 Å². The molecular weight excluding hydrogens is 256 g/mol. The van der Waals surface area contributed by atoms with E-state index in [4.69, 9.17) is 9.47 Å². The van der Waals surface area contributed by atoms with Gasteiger partial charge in [-0.05, 0) is 12.8 Å². The zero-order chi connectivity index (χ0) is 14.9. The summed E-state index contributed by atoms with van der Waals surface area (Å²) in [6.07, 6.45) is 10.3. The van der Waals surface area contributed by atoms with Crippen LogP contribution < -0.4 is 0 Å². The van der Waals surface area contributed by atoms with Gasteiger partial charge in [-0.15, -0.1) is 0 Å². The van der Waals surface area contributed by atoms with Gasteiger partial charge < -0.3 is 14.2 Å². The molecule has 0 aromatic carbocycles. The summed E-state index contributed by atoms with van der Waals surface area (Å²) in [6, 6.07) is 0. The van der Waals surface area contributed by atoms with Crippen molar-refractivity contribution in [2.75, 3.05) is 33.5 Å². The van der Waals surface area contributed by atoms with Gasteiger partial charge in [-0.3, -0.25) is 4.79 Å². The maximum atomic E-state index is 10.8. The lowest BCUT2D eigenvalue weighted by molar-refractivity contribution is -0.141. The number of ether oxygens (including phenoxy) is 3. The second-order valence-corrected chi connectivity index (χ2v) is 5.03. The minimum absolute atomic E-state index is 0.177. The smallest absolute Gasteiger partial charge is 0.305 e. The van der Waals surface area contributed by atoms with E-state index in [0.717, 1.165) is 13.0 Å². The molecule has 4 heteroatoms. The Morgan fingerprint density at radius 3 is 1.90 bits per heavy atom. The third kappa shape index (κ3) is 15.4. The molecule has 0 aliphatic heterocycles. The normalized spacial score (nSPS) is 10.7. The molecule has 20 heavy (non-hydrogen) atoms. The van der Waals surface area contributed by atoms with Crippen molar-refractivity contribution in [3.05, 3.63) is 0 Å². The molecule has 0 fully saturated rings. The van der Waals surface area contributed by atoms with Crippen LogP contribution in [0, 0.1) is 0 Å². The van der Waals surface area contributed by atoms with Crippen molar-refractivity contribution < 1.29 is 19.0 Å². The molecule has 0 saturated heterocycles. The summed E-state index contributed by atoms with van der Waals surface area (Å²) in [5.41, 5.74) is 0. The maximum absolute atomic E-state index is 10.8. The van der Waals surface area contributed by atoms with Crippen molar-refractivity contribution >= 4 is 5.97 Å². The highest BCUT2D eigenvalue weighted by atomic mass is 16.5. The molecule has 0 aliphatic rings. The van der Waals surface area contributed by atoms with Crippen molar-refractivity contribution in [1.29, 1.82) is 0 Å². The Hall–Kier alpha value is -0.610. The van der Waals surface area contributed by atoms with Gasteiger partial charge in [0.15, 0.2) is 0 Å². The number of carbonyl (C=O) groups is 1. The summed E-state index contributed by atoms with van der Waals surface area (Å²) in [5.74, 6) is -0.177. The Kier molecular flexibility index (Phi) is 15.9. The minimum Gasteiger partial charge on any atom is -0.469 e. The Morgan fingerprint density at radius 1 is 0.750 bits per heavy atom. The molecule has 0 heterocycles. The van der Waals surface area contributed by atoms with Gasteiger partial charge in [-0.25, -0.2) is 0 Å². The quantitative estimate of drug-likeness (QED) is 0.340. The first-order chi connectivity index (χ1) is 9.81. The molecule has 4 nitrogen and oxygen atoms in total. The van der Waals surface area contributed by atoms with E-state index in [1.807, 2.05) is 0 Å². The number of unbranched alkanes of at least 4 members (excludes halogenated alkanes) is 6. The van der Waals surface area contributed by atoms with Gasteiger partial charge in [0.1, 0.15) is 0 Å². The summed E-state index contributed by atoms with van der Waals surface area (Å²) < 4.78 is 15.4. The predicted molar refractivity (Wildman–Crippen MR) is 80.9 cm³/mol. The summed E-state index contributed by atoms with van der Waals surface area (Å²) in [4.78, 5) is 10.8. The monoisotopic (exact) mass is 288 g/mol. The van der Waals surface area contributed by atoms with E-state index in [0.29, 0.717) is 32.7 Å². The van der Waals surface area contributed by atoms with Crippen LogP contribution in [0.5, 0.6) is 0 Å². The molecule has 0 saturated carbocycles. The first-order valence-electron chi connectivity index (χ1n) is 8.03. The first-order valence-corrected chi connectivity index (χ1v) is 8.03. The molecule has 0 aliphatic carbocycles. The van der Waals surface area contributed by atoms with E-state index in [-0.39, 0.29) is 5.97 Å². The van der Waals surface area contributed by atoms with Gasteiger partial charge in [0, 0.05) is 19.6 Å². The van der Waals surface area contributed by atoms with Gasteiger partial charge >= 0.3 is 5.97 Å². The van der Waals surface area contributed by atoms with Gasteiger partial charge in [0.25, 0.3) is 0 Å². The Balaban J connectivity index is 2.97. The van der Waals surface area contributed by atoms with Crippen molar-refractivity contribution in [1.82, 2.24) is 0 Å². The highest BCUT2D eigenvalue weighted by molar-refractivity contribution is 5.68. The Bertz CT molecular complexity index is 207. The summed E-state index contributed by atoms with van der Waals surface area (Å²) in [7, 11) is 1.40. The lowest BCUT2D eigenvalue weighted by Gasteiger charge is -2.05. The third-order valence-electron chi connectivity index (χ3n) is 3.16. The van der Waals surface area contributed by atoms with E-state index in [9.17, 15) is 4.79 Å². The number of hydrogen-bond donors (Lipinski definition) is 0. The van der Waals surface area contributed by atoms with Crippen LogP contribution in [-0.2, 0) is 19.0 Å². The Morgan fingerprint density at radius 2 is 1.30 bits per heavy atom. The molecule has 0 N–H and O–H groups in total. The number of rotatable bonds is 15. The summed E-state index contributed by atoms with van der Waals surface area (Å²) in [6.45, 7) is 4.92. The minimum atomic E-state index is -0.177. The number of carbonyl (C=O) groups excluding carboxylic acids is 1. The van der Waals surface area contributed by atoms with Crippen LogP contribution in [0.15, 0.2) is 0 Å². The zero-order valence-corrected chi connectivity index (χ0v) is 13.3. The second kappa shape index (κ2) is 16.4. The largest absolute Gasteiger partial charge is 0.469 e. The highest BCUT2D eigenvalue weighted by Gasteiger charge is 1.99. The van der Waals surface area contributed by atoms with E-state index < -0.39 is 0 Å². The second-order valence-electron chi connectivity index (χ2n) is 5.03. The first kappa shape index (κ1) is 19.4. The lowest BCUT2D eigenvalue weighted by atomic mass is 10.1. The van der Waals surface area contributed by atoms with E-state index in [1.54, 1.807) is 0 Å². The molecule has 0 amide bonds. The molecule has 0 atom stereocenters. The van der Waals surface area contributed by atoms with Crippen molar-refractivity contribution in [2.45, 2.75) is 64.7 Å². The average molecular weight is 288 g/mol. The number of esters is 1. The van der Waals surface area contributed by atoms with Gasteiger partial charge in [0.2, 0.25) is 0 Å². The molecule has 0 bridgehead atoms. The van der Waals surface area contributed by atoms with Crippen LogP contribution in [0.25, 0.3) is 0 Å². The van der Waals surface area contributed by atoms with Crippen LogP contribution in [-0.4, -0.2) is 39.5 Å². The molecule has 0 unspecified atom stereocenters. The lowest BCUT2D eigenvalue weighted by Crippen LogP contribution is -2.08. The Labute approximate surface area is 124 Å². The predicted octanol–water partition coefficient (Wildman–Crippen LogP) is 3.72. The van der Waals surface area contributed by atoms with Crippen LogP contribution in [0.1, 0.15) is 64.7 Å². The van der Waals surface area contributed by atoms with E-state index in [1.165, 1.54) is 45.6 Å². The van der Waals surface area contributed by atoms with Crippen LogP contribution in [0.2, 0.25) is 0 Å². The number of methoxy groups -OCH3 is 1. The van der Waals surface area contributed by atoms with Crippen molar-refractivity contribution in [3.63, 3.8) is 0 Å². The fourth-order valence-corrected chi connectivity index (χ4v) is 1.90. The van der Waals surface area contributed by atoms with E-state index >= 15 is 0 Å². The SMILES string of the molecule is CCCCCCCCCOCCOCCCC(=O)OC. The standard InChI is InChI=1S/C16H32O4/c1-3-4-5-6-7-8-9-12-19-14-15-20-13-10-11-16(17)18-2/h3-15H2,1-2H3. The fourth-order valence-electron chi connectivity index (χ4n) is 1.90. The van der Waals surface area contributed by atoms with Gasteiger partial charge in [-0.2, -0.15) is 0 Å². The van der Waals surface area contributed by atoms with Crippen molar-refractivity contribution in [2.24, 2.45) is 0 Å². The molecule has 0 aromatic rings. The van der Waals surface area contributed by atoms with Gasteiger partial charge in [-0.1, -0.05) is 45.4 Å². The van der Waals surface area contributed by atoms with E-state index in [2.05, 4.69) is 11.7 Å². The highest BCUT2D eigenvalue weighted by Crippen LogP contribution is 2.06. The third-order valence-corrected chi connectivity index (χ3v) is 3.16. The molecule has 0 aromatic heterocycles.